The van der Waals surface area contributed by atoms with Crippen LogP contribution in [-0.4, -0.2) is 20.7 Å². The van der Waals surface area contributed by atoms with Crippen molar-refractivity contribution in [1.29, 1.82) is 0 Å². The second kappa shape index (κ2) is 6.74. The molecule has 6 heteroatoms. The number of carbonyl (C=O) groups excluding carboxylic acids is 1. The molecule has 0 fully saturated rings. The van der Waals surface area contributed by atoms with E-state index in [1.807, 2.05) is 36.4 Å². The van der Waals surface area contributed by atoms with Crippen LogP contribution in [0.3, 0.4) is 0 Å². The van der Waals surface area contributed by atoms with Gasteiger partial charge in [0.15, 0.2) is 0 Å². The summed E-state index contributed by atoms with van der Waals surface area (Å²) in [6.45, 7) is 1.03. The quantitative estimate of drug-likeness (QED) is 0.753. The van der Waals surface area contributed by atoms with Crippen LogP contribution in [0.15, 0.2) is 61.1 Å². The van der Waals surface area contributed by atoms with E-state index >= 15 is 0 Å². The number of nitrogens with zero attached hydrogens (tertiary/aromatic N) is 3. The Labute approximate surface area is 134 Å². The fraction of sp³-hybridized carbons (Fsp3) is 0.118. The smallest absolute Gasteiger partial charge is 0.254 e. The van der Waals surface area contributed by atoms with Crippen molar-refractivity contribution in [2.45, 2.75) is 13.1 Å². The van der Waals surface area contributed by atoms with Gasteiger partial charge in [0.1, 0.15) is 5.82 Å². The molecule has 0 saturated carbocycles. The number of benzene rings is 1. The molecule has 23 heavy (non-hydrogen) atoms. The average Bonchev–Trinajstić information content (AvgIpc) is 3.03. The minimum absolute atomic E-state index is 0.166. The molecule has 0 spiro atoms. The van der Waals surface area contributed by atoms with Crippen LogP contribution in [0, 0.1) is 0 Å². The maximum atomic E-state index is 12.1. The van der Waals surface area contributed by atoms with E-state index in [0.717, 1.165) is 11.1 Å². The number of anilines is 1. The van der Waals surface area contributed by atoms with E-state index in [2.05, 4.69) is 15.4 Å². The third-order valence-electron chi connectivity index (χ3n) is 3.38. The molecule has 6 nitrogen and oxygen atoms in total. The van der Waals surface area contributed by atoms with Crippen molar-refractivity contribution in [3.8, 4) is 0 Å². The first-order valence-corrected chi connectivity index (χ1v) is 7.26. The van der Waals surface area contributed by atoms with Crippen LogP contribution in [0.2, 0.25) is 0 Å². The summed E-state index contributed by atoms with van der Waals surface area (Å²) in [7, 11) is 0. The number of nitrogens with one attached hydrogen (secondary N) is 1. The summed E-state index contributed by atoms with van der Waals surface area (Å²) in [5, 5.41) is 7.06. The number of nitrogen functional groups attached to an aromatic ring is 1. The molecule has 116 valence electrons. The topological polar surface area (TPSA) is 85.8 Å². The molecule has 2 heterocycles. The number of hydrogen-bond donors (Lipinski definition) is 2. The number of aromatic nitrogens is 3. The number of hydrogen-bond acceptors (Lipinski definition) is 4. The highest BCUT2D eigenvalue weighted by molar-refractivity contribution is 5.93. The summed E-state index contributed by atoms with van der Waals surface area (Å²) in [6.07, 6.45) is 4.96. The molecule has 2 aromatic heterocycles. The van der Waals surface area contributed by atoms with Crippen molar-refractivity contribution in [3.63, 3.8) is 0 Å². The van der Waals surface area contributed by atoms with E-state index < -0.39 is 0 Å². The summed E-state index contributed by atoms with van der Waals surface area (Å²) in [6, 6.07) is 13.5. The van der Waals surface area contributed by atoms with E-state index in [1.165, 1.54) is 0 Å². The molecule has 0 atom stereocenters. The van der Waals surface area contributed by atoms with Gasteiger partial charge in [-0.1, -0.05) is 36.4 Å². The molecule has 3 N–H and O–H groups in total. The lowest BCUT2D eigenvalue weighted by atomic mass is 10.2. The lowest BCUT2D eigenvalue weighted by molar-refractivity contribution is 0.0951. The molecule has 0 aliphatic carbocycles. The maximum Gasteiger partial charge on any atom is 0.254 e. The van der Waals surface area contributed by atoms with Gasteiger partial charge in [-0.3, -0.25) is 9.48 Å². The Morgan fingerprint density at radius 1 is 1.09 bits per heavy atom. The molecule has 3 aromatic rings. The average molecular weight is 307 g/mol. The number of rotatable bonds is 5. The van der Waals surface area contributed by atoms with Gasteiger partial charge < -0.3 is 11.1 Å². The first kappa shape index (κ1) is 14.8. The summed E-state index contributed by atoms with van der Waals surface area (Å²) < 4.78 is 1.75. The zero-order valence-corrected chi connectivity index (χ0v) is 12.5. The fourth-order valence-electron chi connectivity index (χ4n) is 2.16. The van der Waals surface area contributed by atoms with E-state index in [0.29, 0.717) is 24.5 Å². The van der Waals surface area contributed by atoms with Gasteiger partial charge in [0, 0.05) is 18.9 Å². The van der Waals surface area contributed by atoms with E-state index in [1.54, 1.807) is 29.3 Å². The van der Waals surface area contributed by atoms with Crippen LogP contribution in [0.5, 0.6) is 0 Å². The molecule has 0 bridgehead atoms. The highest BCUT2D eigenvalue weighted by Crippen LogP contribution is 2.05. The zero-order chi connectivity index (χ0) is 16.1. The summed E-state index contributed by atoms with van der Waals surface area (Å²) in [5.41, 5.74) is 8.09. The molecule has 0 aliphatic rings. The van der Waals surface area contributed by atoms with Gasteiger partial charge in [-0.25, -0.2) is 4.98 Å². The van der Waals surface area contributed by atoms with Crippen LogP contribution in [0.25, 0.3) is 0 Å². The van der Waals surface area contributed by atoms with Gasteiger partial charge in [0.25, 0.3) is 5.91 Å². The second-order valence-electron chi connectivity index (χ2n) is 5.19. The van der Waals surface area contributed by atoms with Gasteiger partial charge in [0.05, 0.1) is 18.3 Å². The van der Waals surface area contributed by atoms with Gasteiger partial charge in [-0.2, -0.15) is 5.10 Å². The first-order valence-electron chi connectivity index (χ1n) is 7.26. The first-order chi connectivity index (χ1) is 11.2. The SMILES string of the molecule is Nc1ccc(CNC(=O)c2cnn(Cc3ccccc3)c2)cn1. The molecule has 0 aliphatic heterocycles. The second-order valence-corrected chi connectivity index (χ2v) is 5.19. The standard InChI is InChI=1S/C17H17N5O/c18-16-7-6-14(8-19-16)9-20-17(23)15-10-21-22(12-15)11-13-4-2-1-3-5-13/h1-8,10,12H,9,11H2,(H2,18,19)(H,20,23). The minimum Gasteiger partial charge on any atom is -0.384 e. The van der Waals surface area contributed by atoms with Crippen molar-refractivity contribution in [3.05, 3.63) is 77.7 Å². The van der Waals surface area contributed by atoms with Crippen LogP contribution in [0.4, 0.5) is 5.82 Å². The molecule has 1 aromatic carbocycles. The van der Waals surface area contributed by atoms with Crippen molar-refractivity contribution < 1.29 is 4.79 Å². The highest BCUT2D eigenvalue weighted by Gasteiger charge is 2.08. The number of nitrogens with two attached hydrogens (primary N) is 1. The minimum atomic E-state index is -0.166. The Bertz CT molecular complexity index is 780. The third-order valence-corrected chi connectivity index (χ3v) is 3.38. The fourth-order valence-corrected chi connectivity index (χ4v) is 2.16. The van der Waals surface area contributed by atoms with Gasteiger partial charge in [-0.05, 0) is 17.2 Å². The molecular formula is C17H17N5O. The zero-order valence-electron chi connectivity index (χ0n) is 12.5. The van der Waals surface area contributed by atoms with E-state index in [9.17, 15) is 4.79 Å². The molecule has 0 radical (unpaired) electrons. The number of carbonyl (C=O) groups is 1. The summed E-state index contributed by atoms with van der Waals surface area (Å²) >= 11 is 0. The number of amides is 1. The van der Waals surface area contributed by atoms with E-state index in [4.69, 9.17) is 5.73 Å². The molecule has 0 saturated heterocycles. The normalized spacial score (nSPS) is 10.4. The largest absolute Gasteiger partial charge is 0.384 e. The monoisotopic (exact) mass is 307 g/mol. The molecule has 1 amide bonds. The molecule has 3 rings (SSSR count). The van der Waals surface area contributed by atoms with Crippen LogP contribution < -0.4 is 11.1 Å². The van der Waals surface area contributed by atoms with Crippen LogP contribution >= 0.6 is 0 Å². The molecular weight excluding hydrogens is 290 g/mol. The predicted octanol–water partition coefficient (Wildman–Crippen LogP) is 1.84. The Balaban J connectivity index is 1.59. The maximum absolute atomic E-state index is 12.1. The predicted molar refractivity (Wildman–Crippen MR) is 87.6 cm³/mol. The lowest BCUT2D eigenvalue weighted by Crippen LogP contribution is -2.22. The summed E-state index contributed by atoms with van der Waals surface area (Å²) in [5.74, 6) is 0.295. The van der Waals surface area contributed by atoms with Crippen LogP contribution in [0.1, 0.15) is 21.5 Å². The lowest BCUT2D eigenvalue weighted by Gasteiger charge is -2.04. The van der Waals surface area contributed by atoms with Crippen LogP contribution in [-0.2, 0) is 13.1 Å². The van der Waals surface area contributed by atoms with Gasteiger partial charge in [-0.15, -0.1) is 0 Å². The highest BCUT2D eigenvalue weighted by atomic mass is 16.1. The Morgan fingerprint density at radius 2 is 1.91 bits per heavy atom. The van der Waals surface area contributed by atoms with E-state index in [-0.39, 0.29) is 5.91 Å². The van der Waals surface area contributed by atoms with Crippen molar-refractivity contribution in [2.75, 3.05) is 5.73 Å². The third kappa shape index (κ3) is 3.94. The van der Waals surface area contributed by atoms with Gasteiger partial charge in [0.2, 0.25) is 0 Å². The Kier molecular flexibility index (Phi) is 4.33. The summed E-state index contributed by atoms with van der Waals surface area (Å²) in [4.78, 5) is 16.1. The number of pyridine rings is 1. The van der Waals surface area contributed by atoms with Crippen molar-refractivity contribution in [2.24, 2.45) is 0 Å². The Morgan fingerprint density at radius 3 is 2.65 bits per heavy atom. The molecule has 0 unspecified atom stereocenters. The Hall–Kier alpha value is -3.15. The van der Waals surface area contributed by atoms with Gasteiger partial charge >= 0.3 is 0 Å². The van der Waals surface area contributed by atoms with Crippen molar-refractivity contribution in [1.82, 2.24) is 20.1 Å². The van der Waals surface area contributed by atoms with Crippen molar-refractivity contribution >= 4 is 11.7 Å².